The summed E-state index contributed by atoms with van der Waals surface area (Å²) in [6.07, 6.45) is 6.95. The van der Waals surface area contributed by atoms with Crippen LogP contribution >= 0.6 is 0 Å². The van der Waals surface area contributed by atoms with E-state index in [2.05, 4.69) is 11.2 Å². The summed E-state index contributed by atoms with van der Waals surface area (Å²) in [6, 6.07) is 0.264. The van der Waals surface area contributed by atoms with Crippen molar-refractivity contribution in [1.29, 1.82) is 0 Å². The predicted molar refractivity (Wildman–Crippen MR) is 46.0 cm³/mol. The summed E-state index contributed by atoms with van der Waals surface area (Å²) in [5.41, 5.74) is 0. The molecule has 1 N–H and O–H groups in total. The first-order chi connectivity index (χ1) is 5.20. The summed E-state index contributed by atoms with van der Waals surface area (Å²) in [5, 5.41) is 2.83. The van der Waals surface area contributed by atoms with Gasteiger partial charge < -0.3 is 5.32 Å². The number of carbonyl (C=O) groups excluding carboxylic acids is 1. The lowest BCUT2D eigenvalue weighted by molar-refractivity contribution is -0.121. The summed E-state index contributed by atoms with van der Waals surface area (Å²) in [5.74, 6) is 2.48. The number of hydrogen-bond donors (Lipinski definition) is 1. The van der Waals surface area contributed by atoms with Crippen molar-refractivity contribution in [2.75, 3.05) is 0 Å². The SMILES string of the molecule is C#CCCC(=O)NC(C)CC. The molecule has 0 aromatic heterocycles. The van der Waals surface area contributed by atoms with Gasteiger partial charge in [0.15, 0.2) is 0 Å². The lowest BCUT2D eigenvalue weighted by Crippen LogP contribution is -2.31. The highest BCUT2D eigenvalue weighted by molar-refractivity contribution is 5.76. The minimum Gasteiger partial charge on any atom is -0.354 e. The summed E-state index contributed by atoms with van der Waals surface area (Å²) < 4.78 is 0. The predicted octanol–water partition coefficient (Wildman–Crippen LogP) is 1.31. The van der Waals surface area contributed by atoms with Crippen molar-refractivity contribution in [2.24, 2.45) is 0 Å². The molecule has 0 aliphatic rings. The van der Waals surface area contributed by atoms with Gasteiger partial charge in [-0.05, 0) is 13.3 Å². The first-order valence-electron chi connectivity index (χ1n) is 3.93. The zero-order valence-electron chi connectivity index (χ0n) is 7.18. The lowest BCUT2D eigenvalue weighted by atomic mass is 10.2. The normalized spacial score (nSPS) is 11.7. The van der Waals surface area contributed by atoms with Crippen LogP contribution < -0.4 is 5.32 Å². The number of carbonyl (C=O) groups is 1. The van der Waals surface area contributed by atoms with Crippen LogP contribution in [0.4, 0.5) is 0 Å². The Hall–Kier alpha value is -0.970. The molecule has 0 saturated heterocycles. The van der Waals surface area contributed by atoms with Crippen molar-refractivity contribution in [1.82, 2.24) is 5.32 Å². The Morgan fingerprint density at radius 3 is 2.82 bits per heavy atom. The van der Waals surface area contributed by atoms with Gasteiger partial charge in [-0.2, -0.15) is 0 Å². The minimum atomic E-state index is 0.0531. The van der Waals surface area contributed by atoms with E-state index in [1.807, 2.05) is 13.8 Å². The first-order valence-corrected chi connectivity index (χ1v) is 3.93. The van der Waals surface area contributed by atoms with Gasteiger partial charge in [0, 0.05) is 18.9 Å². The first kappa shape index (κ1) is 10.0. The van der Waals surface area contributed by atoms with Crippen molar-refractivity contribution in [3.05, 3.63) is 0 Å². The average molecular weight is 153 g/mol. The summed E-state index contributed by atoms with van der Waals surface area (Å²) in [7, 11) is 0. The van der Waals surface area contributed by atoms with Gasteiger partial charge in [-0.1, -0.05) is 6.92 Å². The quantitative estimate of drug-likeness (QED) is 0.606. The summed E-state index contributed by atoms with van der Waals surface area (Å²) in [6.45, 7) is 4.01. The van der Waals surface area contributed by atoms with E-state index in [1.54, 1.807) is 0 Å². The molecule has 1 atom stereocenters. The molecular weight excluding hydrogens is 138 g/mol. The molecule has 0 aromatic rings. The molecule has 0 fully saturated rings. The van der Waals surface area contributed by atoms with E-state index in [9.17, 15) is 4.79 Å². The Morgan fingerprint density at radius 2 is 2.36 bits per heavy atom. The lowest BCUT2D eigenvalue weighted by Gasteiger charge is -2.09. The molecule has 0 spiro atoms. The molecule has 0 radical (unpaired) electrons. The molecule has 11 heavy (non-hydrogen) atoms. The maximum absolute atomic E-state index is 11.0. The topological polar surface area (TPSA) is 29.1 Å². The fourth-order valence-electron chi connectivity index (χ4n) is 0.635. The molecule has 2 heteroatoms. The zero-order valence-corrected chi connectivity index (χ0v) is 7.18. The van der Waals surface area contributed by atoms with Gasteiger partial charge in [0.25, 0.3) is 0 Å². The van der Waals surface area contributed by atoms with Crippen LogP contribution in [0, 0.1) is 12.3 Å². The highest BCUT2D eigenvalue weighted by atomic mass is 16.1. The zero-order chi connectivity index (χ0) is 8.69. The molecule has 0 heterocycles. The molecule has 0 aliphatic carbocycles. The van der Waals surface area contributed by atoms with Crippen LogP contribution in [0.1, 0.15) is 33.1 Å². The summed E-state index contributed by atoms with van der Waals surface area (Å²) >= 11 is 0. The van der Waals surface area contributed by atoms with Crippen LogP contribution in [0.3, 0.4) is 0 Å². The van der Waals surface area contributed by atoms with Gasteiger partial charge >= 0.3 is 0 Å². The van der Waals surface area contributed by atoms with Crippen LogP contribution in [-0.4, -0.2) is 11.9 Å². The standard InChI is InChI=1S/C9H15NO/c1-4-6-7-9(11)10-8(3)5-2/h1,8H,5-7H2,2-3H3,(H,10,11). The monoisotopic (exact) mass is 153 g/mol. The van der Waals surface area contributed by atoms with E-state index in [1.165, 1.54) is 0 Å². The largest absolute Gasteiger partial charge is 0.354 e. The molecular formula is C9H15NO. The van der Waals surface area contributed by atoms with Crippen LogP contribution in [0.5, 0.6) is 0 Å². The fourth-order valence-corrected chi connectivity index (χ4v) is 0.635. The van der Waals surface area contributed by atoms with Crippen LogP contribution in [0.25, 0.3) is 0 Å². The van der Waals surface area contributed by atoms with E-state index in [-0.39, 0.29) is 11.9 Å². The molecule has 0 saturated carbocycles. The van der Waals surface area contributed by atoms with Gasteiger partial charge in [-0.15, -0.1) is 12.3 Å². The Balaban J connectivity index is 3.45. The fraction of sp³-hybridized carbons (Fsp3) is 0.667. The Bertz CT molecular complexity index is 157. The van der Waals surface area contributed by atoms with Gasteiger partial charge in [-0.25, -0.2) is 0 Å². The highest BCUT2D eigenvalue weighted by Gasteiger charge is 2.02. The van der Waals surface area contributed by atoms with Crippen molar-refractivity contribution in [3.63, 3.8) is 0 Å². The molecule has 2 nitrogen and oxygen atoms in total. The minimum absolute atomic E-state index is 0.0531. The van der Waals surface area contributed by atoms with Gasteiger partial charge in [0.2, 0.25) is 5.91 Å². The molecule has 0 aromatic carbocycles. The van der Waals surface area contributed by atoms with E-state index in [4.69, 9.17) is 6.42 Å². The Labute approximate surface area is 68.4 Å². The number of nitrogens with one attached hydrogen (secondary N) is 1. The van der Waals surface area contributed by atoms with Gasteiger partial charge in [0.05, 0.1) is 0 Å². The van der Waals surface area contributed by atoms with E-state index >= 15 is 0 Å². The highest BCUT2D eigenvalue weighted by Crippen LogP contribution is 1.91. The third kappa shape index (κ3) is 5.47. The van der Waals surface area contributed by atoms with Crippen molar-refractivity contribution < 1.29 is 4.79 Å². The smallest absolute Gasteiger partial charge is 0.221 e. The van der Waals surface area contributed by atoms with Crippen LogP contribution in [0.15, 0.2) is 0 Å². The van der Waals surface area contributed by atoms with Crippen molar-refractivity contribution in [3.8, 4) is 12.3 Å². The second-order valence-electron chi connectivity index (χ2n) is 2.58. The third-order valence-electron chi connectivity index (χ3n) is 1.52. The molecule has 0 rings (SSSR count). The van der Waals surface area contributed by atoms with Crippen molar-refractivity contribution in [2.45, 2.75) is 39.2 Å². The number of terminal acetylenes is 1. The molecule has 1 unspecified atom stereocenters. The van der Waals surface area contributed by atoms with Crippen LogP contribution in [-0.2, 0) is 4.79 Å². The molecule has 62 valence electrons. The maximum atomic E-state index is 11.0. The molecule has 1 amide bonds. The van der Waals surface area contributed by atoms with Gasteiger partial charge in [0.1, 0.15) is 0 Å². The Kier molecular flexibility index (Phi) is 5.28. The number of rotatable bonds is 4. The third-order valence-corrected chi connectivity index (χ3v) is 1.52. The Morgan fingerprint density at radius 1 is 1.73 bits per heavy atom. The van der Waals surface area contributed by atoms with Crippen molar-refractivity contribution >= 4 is 5.91 Å². The van der Waals surface area contributed by atoms with E-state index < -0.39 is 0 Å². The average Bonchev–Trinajstić information content (AvgIpc) is 2.00. The molecule has 0 bridgehead atoms. The molecule has 0 aliphatic heterocycles. The number of amides is 1. The summed E-state index contributed by atoms with van der Waals surface area (Å²) in [4.78, 5) is 11.0. The van der Waals surface area contributed by atoms with Gasteiger partial charge in [-0.3, -0.25) is 4.79 Å². The van der Waals surface area contributed by atoms with E-state index in [0.717, 1.165) is 6.42 Å². The van der Waals surface area contributed by atoms with Crippen LogP contribution in [0.2, 0.25) is 0 Å². The van der Waals surface area contributed by atoms with E-state index in [0.29, 0.717) is 12.8 Å². The maximum Gasteiger partial charge on any atom is 0.221 e. The number of hydrogen-bond acceptors (Lipinski definition) is 1. The second kappa shape index (κ2) is 5.79. The second-order valence-corrected chi connectivity index (χ2v) is 2.58.